The van der Waals surface area contributed by atoms with E-state index in [4.69, 9.17) is 15.2 Å². The maximum absolute atomic E-state index is 11.7. The molecule has 2 aromatic rings. The fourth-order valence-electron chi connectivity index (χ4n) is 2.52. The van der Waals surface area contributed by atoms with Crippen molar-refractivity contribution in [2.75, 3.05) is 30.8 Å². The molecule has 3 rings (SSSR count). The molecule has 1 heterocycles. The molecule has 2 N–H and O–H groups in total. The van der Waals surface area contributed by atoms with E-state index in [-0.39, 0.29) is 6.10 Å². The Morgan fingerprint density at radius 2 is 1.86 bits per heavy atom. The van der Waals surface area contributed by atoms with E-state index in [1.807, 2.05) is 42.5 Å². The summed E-state index contributed by atoms with van der Waals surface area (Å²) in [6, 6.07) is 15.1. The first kappa shape index (κ1) is 14.3. The van der Waals surface area contributed by atoms with Gasteiger partial charge in [-0.05, 0) is 24.3 Å². The number of rotatable bonds is 4. The summed E-state index contributed by atoms with van der Waals surface area (Å²) in [4.78, 5) is 13.8. The lowest BCUT2D eigenvalue weighted by atomic mass is 10.1. The zero-order valence-corrected chi connectivity index (χ0v) is 12.4. The molecule has 0 bridgehead atoms. The smallest absolute Gasteiger partial charge is 0.340 e. The number of esters is 1. The van der Waals surface area contributed by atoms with E-state index in [0.29, 0.717) is 11.3 Å². The van der Waals surface area contributed by atoms with Crippen LogP contribution in [0.25, 0.3) is 0 Å². The number of nitrogens with two attached hydrogens (primary N) is 1. The molecule has 1 aliphatic heterocycles. The number of ether oxygens (including phenoxy) is 2. The molecular weight excluding hydrogens is 280 g/mol. The van der Waals surface area contributed by atoms with Gasteiger partial charge in [0.25, 0.3) is 0 Å². The highest BCUT2D eigenvalue weighted by Crippen LogP contribution is 2.31. The van der Waals surface area contributed by atoms with Crippen LogP contribution < -0.4 is 15.4 Å². The number of para-hydroxylation sites is 2. The number of methoxy groups -OCH3 is 1. The van der Waals surface area contributed by atoms with Gasteiger partial charge in [-0.15, -0.1) is 0 Å². The van der Waals surface area contributed by atoms with Crippen LogP contribution >= 0.6 is 0 Å². The van der Waals surface area contributed by atoms with Crippen LogP contribution in [-0.4, -0.2) is 32.3 Å². The second-order valence-electron chi connectivity index (χ2n) is 5.19. The highest BCUT2D eigenvalue weighted by atomic mass is 16.5. The normalized spacial score (nSPS) is 14.3. The number of nitrogens with zero attached hydrogens (tertiary/aromatic N) is 1. The molecule has 0 radical (unpaired) electrons. The summed E-state index contributed by atoms with van der Waals surface area (Å²) in [5, 5.41) is 0. The molecule has 1 saturated heterocycles. The Kier molecular flexibility index (Phi) is 3.87. The lowest BCUT2D eigenvalue weighted by Crippen LogP contribution is -2.54. The van der Waals surface area contributed by atoms with Crippen molar-refractivity contribution in [2.24, 2.45) is 0 Å². The number of benzene rings is 2. The van der Waals surface area contributed by atoms with Crippen molar-refractivity contribution in [1.82, 2.24) is 0 Å². The summed E-state index contributed by atoms with van der Waals surface area (Å²) < 4.78 is 10.6. The molecule has 0 atom stereocenters. The summed E-state index contributed by atoms with van der Waals surface area (Å²) >= 11 is 0. The predicted octanol–water partition coefficient (Wildman–Crippen LogP) is 2.32. The lowest BCUT2D eigenvalue weighted by molar-refractivity contribution is 0.0602. The van der Waals surface area contributed by atoms with E-state index in [1.54, 1.807) is 6.07 Å². The minimum Gasteiger partial charge on any atom is -0.487 e. The Hall–Kier alpha value is -2.69. The quantitative estimate of drug-likeness (QED) is 0.693. The third-order valence-corrected chi connectivity index (χ3v) is 3.72. The lowest BCUT2D eigenvalue weighted by Gasteiger charge is -2.41. The topological polar surface area (TPSA) is 64.8 Å². The average molecular weight is 298 g/mol. The molecule has 0 aromatic heterocycles. The predicted molar refractivity (Wildman–Crippen MR) is 85.3 cm³/mol. The number of hydrogen-bond donors (Lipinski definition) is 1. The van der Waals surface area contributed by atoms with Crippen LogP contribution in [0.3, 0.4) is 0 Å². The van der Waals surface area contributed by atoms with Crippen LogP contribution in [0.5, 0.6) is 5.75 Å². The molecule has 0 amide bonds. The highest BCUT2D eigenvalue weighted by molar-refractivity contribution is 5.98. The molecule has 22 heavy (non-hydrogen) atoms. The van der Waals surface area contributed by atoms with E-state index < -0.39 is 5.97 Å². The first-order valence-corrected chi connectivity index (χ1v) is 7.12. The molecule has 1 fully saturated rings. The molecule has 0 saturated carbocycles. The van der Waals surface area contributed by atoms with Crippen LogP contribution in [0.1, 0.15) is 10.4 Å². The molecule has 5 nitrogen and oxygen atoms in total. The summed E-state index contributed by atoms with van der Waals surface area (Å²) in [5.74, 6) is 0.445. The van der Waals surface area contributed by atoms with Gasteiger partial charge in [0.05, 0.1) is 37.1 Å². The minimum atomic E-state index is -0.419. The maximum Gasteiger partial charge on any atom is 0.340 e. The summed E-state index contributed by atoms with van der Waals surface area (Å²) in [6.07, 6.45) is 0.128. The zero-order valence-electron chi connectivity index (χ0n) is 12.4. The average Bonchev–Trinajstić information content (AvgIpc) is 2.51. The Balaban J connectivity index is 1.67. The van der Waals surface area contributed by atoms with Gasteiger partial charge >= 0.3 is 5.97 Å². The van der Waals surface area contributed by atoms with E-state index in [1.165, 1.54) is 7.11 Å². The van der Waals surface area contributed by atoms with Crippen LogP contribution in [-0.2, 0) is 4.74 Å². The van der Waals surface area contributed by atoms with Crippen molar-refractivity contribution >= 4 is 17.3 Å². The van der Waals surface area contributed by atoms with Gasteiger partial charge in [0.15, 0.2) is 0 Å². The molecule has 5 heteroatoms. The van der Waals surface area contributed by atoms with Crippen molar-refractivity contribution in [1.29, 1.82) is 0 Å². The fourth-order valence-corrected chi connectivity index (χ4v) is 2.52. The Morgan fingerprint density at radius 3 is 2.55 bits per heavy atom. The van der Waals surface area contributed by atoms with Crippen molar-refractivity contribution in [3.8, 4) is 5.75 Å². The van der Waals surface area contributed by atoms with Crippen molar-refractivity contribution in [2.45, 2.75) is 6.10 Å². The SMILES string of the molecule is COC(=O)c1cccc(N2CC(Oc3ccccc3)C2)c1N. The van der Waals surface area contributed by atoms with Gasteiger partial charge in [-0.25, -0.2) is 4.79 Å². The van der Waals surface area contributed by atoms with Crippen molar-refractivity contribution in [3.63, 3.8) is 0 Å². The van der Waals surface area contributed by atoms with Gasteiger partial charge in [-0.3, -0.25) is 0 Å². The Bertz CT molecular complexity index is 667. The monoisotopic (exact) mass is 298 g/mol. The molecule has 1 aliphatic rings. The fraction of sp³-hybridized carbons (Fsp3) is 0.235. The third-order valence-electron chi connectivity index (χ3n) is 3.72. The van der Waals surface area contributed by atoms with E-state index >= 15 is 0 Å². The number of hydrogen-bond acceptors (Lipinski definition) is 5. The van der Waals surface area contributed by atoms with Crippen LogP contribution in [0.2, 0.25) is 0 Å². The molecule has 2 aromatic carbocycles. The van der Waals surface area contributed by atoms with Gasteiger partial charge in [0.1, 0.15) is 11.9 Å². The first-order valence-electron chi connectivity index (χ1n) is 7.12. The number of anilines is 2. The third kappa shape index (κ3) is 2.70. The Labute approximate surface area is 129 Å². The van der Waals surface area contributed by atoms with Crippen LogP contribution in [0.4, 0.5) is 11.4 Å². The molecule has 0 unspecified atom stereocenters. The highest BCUT2D eigenvalue weighted by Gasteiger charge is 2.30. The number of nitrogen functional groups attached to an aromatic ring is 1. The van der Waals surface area contributed by atoms with E-state index in [9.17, 15) is 4.79 Å². The van der Waals surface area contributed by atoms with Gasteiger partial charge in [0, 0.05) is 0 Å². The molecule has 114 valence electrons. The number of carbonyl (C=O) groups is 1. The van der Waals surface area contributed by atoms with E-state index in [0.717, 1.165) is 24.5 Å². The second kappa shape index (κ2) is 5.97. The van der Waals surface area contributed by atoms with Crippen molar-refractivity contribution < 1.29 is 14.3 Å². The standard InChI is InChI=1S/C17H18N2O3/c1-21-17(20)14-8-5-9-15(16(14)18)19-10-13(11-19)22-12-6-3-2-4-7-12/h2-9,13H,10-11,18H2,1H3. The van der Waals surface area contributed by atoms with Gasteiger partial charge in [-0.1, -0.05) is 24.3 Å². The first-order chi connectivity index (χ1) is 10.7. The van der Waals surface area contributed by atoms with Gasteiger partial charge in [-0.2, -0.15) is 0 Å². The summed E-state index contributed by atoms with van der Waals surface area (Å²) in [5.41, 5.74) is 7.78. The van der Waals surface area contributed by atoms with E-state index in [2.05, 4.69) is 4.90 Å². The van der Waals surface area contributed by atoms with Gasteiger partial charge in [0.2, 0.25) is 0 Å². The summed E-state index contributed by atoms with van der Waals surface area (Å²) in [7, 11) is 1.35. The zero-order chi connectivity index (χ0) is 15.5. The molecule has 0 spiro atoms. The Morgan fingerprint density at radius 1 is 1.14 bits per heavy atom. The molecular formula is C17H18N2O3. The van der Waals surface area contributed by atoms with Crippen LogP contribution in [0.15, 0.2) is 48.5 Å². The van der Waals surface area contributed by atoms with Crippen LogP contribution in [0, 0.1) is 0 Å². The second-order valence-corrected chi connectivity index (χ2v) is 5.19. The summed E-state index contributed by atoms with van der Waals surface area (Å²) in [6.45, 7) is 1.48. The molecule has 0 aliphatic carbocycles. The maximum atomic E-state index is 11.7. The minimum absolute atomic E-state index is 0.128. The largest absolute Gasteiger partial charge is 0.487 e. The van der Waals surface area contributed by atoms with Gasteiger partial charge < -0.3 is 20.1 Å². The number of carbonyl (C=O) groups excluding carboxylic acids is 1. The van der Waals surface area contributed by atoms with Crippen molar-refractivity contribution in [3.05, 3.63) is 54.1 Å².